The van der Waals surface area contributed by atoms with E-state index in [1.165, 1.54) is 19.3 Å². The minimum absolute atomic E-state index is 0.149. The number of nitrogens with zero attached hydrogens (tertiary/aromatic N) is 2. The lowest BCUT2D eigenvalue weighted by Crippen LogP contribution is -2.48. The van der Waals surface area contributed by atoms with E-state index in [0.29, 0.717) is 18.4 Å². The summed E-state index contributed by atoms with van der Waals surface area (Å²) < 4.78 is 0. The van der Waals surface area contributed by atoms with Gasteiger partial charge in [0.05, 0.1) is 0 Å². The van der Waals surface area contributed by atoms with Crippen LogP contribution in [0, 0.1) is 5.41 Å². The van der Waals surface area contributed by atoms with Gasteiger partial charge >= 0.3 is 0 Å². The van der Waals surface area contributed by atoms with Gasteiger partial charge in [0.15, 0.2) is 0 Å². The smallest absolute Gasteiger partial charge is 0.245 e. The van der Waals surface area contributed by atoms with Crippen LogP contribution in [0.4, 0.5) is 0 Å². The molecule has 2 amide bonds. The van der Waals surface area contributed by atoms with Crippen LogP contribution in [0.15, 0.2) is 0 Å². The van der Waals surface area contributed by atoms with Gasteiger partial charge in [-0.2, -0.15) is 0 Å². The highest BCUT2D eigenvalue weighted by Gasteiger charge is 2.42. The molecule has 0 N–H and O–H groups in total. The topological polar surface area (TPSA) is 40.6 Å². The van der Waals surface area contributed by atoms with Crippen molar-refractivity contribution in [2.75, 3.05) is 19.6 Å². The second-order valence-corrected chi connectivity index (χ2v) is 6.42. The molecule has 100 valence electrons. The molecule has 1 atom stereocenters. The van der Waals surface area contributed by atoms with E-state index in [1.54, 1.807) is 0 Å². The Kier molecular flexibility index (Phi) is 2.83. The first-order chi connectivity index (χ1) is 8.59. The summed E-state index contributed by atoms with van der Waals surface area (Å²) in [6.07, 6.45) is 6.08. The summed E-state index contributed by atoms with van der Waals surface area (Å²) in [7, 11) is 0. The van der Waals surface area contributed by atoms with Crippen molar-refractivity contribution in [2.24, 2.45) is 5.41 Å². The van der Waals surface area contributed by atoms with Crippen LogP contribution in [0.5, 0.6) is 0 Å². The minimum atomic E-state index is -0.149. The Morgan fingerprint density at radius 3 is 2.67 bits per heavy atom. The van der Waals surface area contributed by atoms with Gasteiger partial charge in [0.2, 0.25) is 11.8 Å². The Morgan fingerprint density at radius 2 is 2.00 bits per heavy atom. The van der Waals surface area contributed by atoms with Gasteiger partial charge in [-0.25, -0.2) is 0 Å². The van der Waals surface area contributed by atoms with E-state index in [4.69, 9.17) is 0 Å². The number of rotatable bonds is 2. The van der Waals surface area contributed by atoms with Crippen LogP contribution in [0.3, 0.4) is 0 Å². The van der Waals surface area contributed by atoms with Crippen molar-refractivity contribution in [3.8, 4) is 0 Å². The summed E-state index contributed by atoms with van der Waals surface area (Å²) >= 11 is 0. The summed E-state index contributed by atoms with van der Waals surface area (Å²) in [5.41, 5.74) is 0.312. The van der Waals surface area contributed by atoms with Crippen molar-refractivity contribution >= 4 is 11.8 Å². The quantitative estimate of drug-likeness (QED) is 0.743. The Bertz CT molecular complexity index is 376. The van der Waals surface area contributed by atoms with Crippen LogP contribution in [0.2, 0.25) is 0 Å². The second-order valence-electron chi connectivity index (χ2n) is 6.42. The minimum Gasteiger partial charge on any atom is -0.340 e. The highest BCUT2D eigenvalue weighted by Crippen LogP contribution is 2.41. The fourth-order valence-corrected chi connectivity index (χ4v) is 3.57. The molecule has 0 aromatic heterocycles. The summed E-state index contributed by atoms with van der Waals surface area (Å²) in [5.74, 6) is 0.374. The summed E-state index contributed by atoms with van der Waals surface area (Å²) in [5, 5.41) is 0. The fourth-order valence-electron chi connectivity index (χ4n) is 3.57. The number of fused-ring (bicyclic) bond motifs is 1. The summed E-state index contributed by atoms with van der Waals surface area (Å²) in [6.45, 7) is 4.52. The zero-order valence-electron chi connectivity index (χ0n) is 11.2. The maximum Gasteiger partial charge on any atom is 0.245 e. The predicted octanol–water partition coefficient (Wildman–Crippen LogP) is 1.40. The summed E-state index contributed by atoms with van der Waals surface area (Å²) in [4.78, 5) is 28.3. The molecule has 18 heavy (non-hydrogen) atoms. The molecule has 0 aromatic carbocycles. The molecule has 2 aliphatic heterocycles. The largest absolute Gasteiger partial charge is 0.340 e. The molecule has 3 fully saturated rings. The lowest BCUT2D eigenvalue weighted by atomic mass is 9.70. The Hall–Kier alpha value is -1.06. The van der Waals surface area contributed by atoms with Crippen molar-refractivity contribution in [3.05, 3.63) is 0 Å². The van der Waals surface area contributed by atoms with Gasteiger partial charge in [-0.05, 0) is 31.1 Å². The zero-order valence-corrected chi connectivity index (χ0v) is 11.2. The maximum absolute atomic E-state index is 12.5. The van der Waals surface area contributed by atoms with E-state index in [1.807, 2.05) is 9.80 Å². The first-order valence-corrected chi connectivity index (χ1v) is 7.17. The maximum atomic E-state index is 12.5. The van der Waals surface area contributed by atoms with Crippen molar-refractivity contribution in [1.82, 2.24) is 9.80 Å². The molecule has 2 saturated heterocycles. The Balaban J connectivity index is 1.74. The fraction of sp³-hybridized carbons (Fsp3) is 0.857. The van der Waals surface area contributed by atoms with Crippen LogP contribution in [0.25, 0.3) is 0 Å². The van der Waals surface area contributed by atoms with Crippen LogP contribution >= 0.6 is 0 Å². The number of hydrogen-bond donors (Lipinski definition) is 0. The van der Waals surface area contributed by atoms with E-state index >= 15 is 0 Å². The van der Waals surface area contributed by atoms with E-state index in [-0.39, 0.29) is 17.9 Å². The van der Waals surface area contributed by atoms with Crippen molar-refractivity contribution in [1.29, 1.82) is 0 Å². The number of carbonyl (C=O) groups is 2. The molecule has 2 heterocycles. The van der Waals surface area contributed by atoms with Crippen LogP contribution in [-0.2, 0) is 9.59 Å². The van der Waals surface area contributed by atoms with Crippen LogP contribution in [0.1, 0.15) is 45.4 Å². The zero-order chi connectivity index (χ0) is 12.8. The average Bonchev–Trinajstić information content (AvgIpc) is 2.76. The SMILES string of the molecule is CC1(CN2CCC(=O)N3CCCC3C2=O)CCC1. The molecule has 0 radical (unpaired) electrons. The third-order valence-electron chi connectivity index (χ3n) is 4.90. The summed E-state index contributed by atoms with van der Waals surface area (Å²) in [6, 6.07) is -0.149. The highest BCUT2D eigenvalue weighted by molar-refractivity contribution is 5.90. The van der Waals surface area contributed by atoms with E-state index in [2.05, 4.69) is 6.92 Å². The number of amides is 2. The first kappa shape index (κ1) is 12.0. The Morgan fingerprint density at radius 1 is 1.22 bits per heavy atom. The van der Waals surface area contributed by atoms with Crippen molar-refractivity contribution in [3.63, 3.8) is 0 Å². The molecule has 3 rings (SSSR count). The molecule has 4 nitrogen and oxygen atoms in total. The van der Waals surface area contributed by atoms with Gasteiger partial charge in [-0.15, -0.1) is 0 Å². The average molecular weight is 250 g/mol. The lowest BCUT2D eigenvalue weighted by Gasteiger charge is -2.42. The van der Waals surface area contributed by atoms with E-state index < -0.39 is 0 Å². The lowest BCUT2D eigenvalue weighted by molar-refractivity contribution is -0.140. The highest BCUT2D eigenvalue weighted by atomic mass is 16.2. The molecule has 0 spiro atoms. The molecular formula is C14H22N2O2. The third-order valence-corrected chi connectivity index (χ3v) is 4.90. The first-order valence-electron chi connectivity index (χ1n) is 7.17. The number of hydrogen-bond acceptors (Lipinski definition) is 2. The van der Waals surface area contributed by atoms with Crippen molar-refractivity contribution in [2.45, 2.75) is 51.5 Å². The van der Waals surface area contributed by atoms with Crippen LogP contribution in [-0.4, -0.2) is 47.3 Å². The second kappa shape index (κ2) is 4.25. The van der Waals surface area contributed by atoms with E-state index in [0.717, 1.165) is 25.9 Å². The predicted molar refractivity (Wildman–Crippen MR) is 67.9 cm³/mol. The normalized spacial score (nSPS) is 31.1. The monoisotopic (exact) mass is 250 g/mol. The van der Waals surface area contributed by atoms with Gasteiger partial charge in [-0.1, -0.05) is 13.3 Å². The van der Waals surface area contributed by atoms with Gasteiger partial charge in [0.1, 0.15) is 6.04 Å². The molecule has 0 aromatic rings. The third kappa shape index (κ3) is 1.91. The van der Waals surface area contributed by atoms with E-state index in [9.17, 15) is 9.59 Å². The standard InChI is InChI=1S/C14H22N2O2/c1-14(6-3-7-14)10-15-9-5-12(17)16-8-2-4-11(16)13(15)18/h11H,2-10H2,1H3. The van der Waals surface area contributed by atoms with Crippen molar-refractivity contribution < 1.29 is 9.59 Å². The molecule has 4 heteroatoms. The molecule has 1 aliphatic carbocycles. The van der Waals surface area contributed by atoms with Gasteiger partial charge in [0.25, 0.3) is 0 Å². The molecular weight excluding hydrogens is 228 g/mol. The van der Waals surface area contributed by atoms with Crippen LogP contribution < -0.4 is 0 Å². The Labute approximate surface area is 108 Å². The molecule has 1 unspecified atom stereocenters. The molecule has 0 bridgehead atoms. The van der Waals surface area contributed by atoms with Gasteiger partial charge < -0.3 is 9.80 Å². The van der Waals surface area contributed by atoms with Gasteiger partial charge in [0, 0.05) is 26.1 Å². The van der Waals surface area contributed by atoms with Gasteiger partial charge in [-0.3, -0.25) is 9.59 Å². The molecule has 3 aliphatic rings. The molecule has 1 saturated carbocycles. The number of carbonyl (C=O) groups excluding carboxylic acids is 2.